The molecular weight excluding hydrogens is 418 g/mol. The molecule has 0 bridgehead atoms. The highest BCUT2D eigenvalue weighted by Crippen LogP contribution is 2.26. The van der Waals surface area contributed by atoms with E-state index in [0.29, 0.717) is 18.1 Å². The molecule has 0 unspecified atom stereocenters. The highest BCUT2D eigenvalue weighted by molar-refractivity contribution is 5.91. The largest absolute Gasteiger partial charge is 0.463 e. The molecule has 0 saturated carbocycles. The second-order valence-electron chi connectivity index (χ2n) is 10.9. The number of esters is 1. The highest BCUT2D eigenvalue weighted by atomic mass is 16.5. The Bertz CT molecular complexity index is 711. The standard InChI is InChI=1S/C26H47N3O4/c1-11-19-13-14-20(28(9)16-19)23(30)27-22(26(6,7)8)24(31)29(10)21(17(3)4)15-18(5)25(32)33-12-2/h15,17,19-22H,11-14,16H2,1-10H3,(H,27,30)/b18-15+/t19-,20-,21-,22-/m1/s1. The van der Waals surface area contributed by atoms with Crippen LogP contribution in [0, 0.1) is 17.3 Å². The van der Waals surface area contributed by atoms with Crippen LogP contribution in [0.5, 0.6) is 0 Å². The molecule has 7 heteroatoms. The summed E-state index contributed by atoms with van der Waals surface area (Å²) in [5.74, 6) is 0.0670. The van der Waals surface area contributed by atoms with E-state index in [4.69, 9.17) is 4.74 Å². The number of likely N-dealkylation sites (N-methyl/N-ethyl adjacent to an activating group) is 2. The minimum Gasteiger partial charge on any atom is -0.463 e. The van der Waals surface area contributed by atoms with Gasteiger partial charge in [0.05, 0.1) is 18.7 Å². The molecule has 1 N–H and O–H groups in total. The zero-order valence-corrected chi connectivity index (χ0v) is 22.5. The summed E-state index contributed by atoms with van der Waals surface area (Å²) < 4.78 is 5.10. The van der Waals surface area contributed by atoms with Gasteiger partial charge in [0.1, 0.15) is 6.04 Å². The molecule has 1 aliphatic rings. The number of ether oxygens (including phenoxy) is 1. The van der Waals surface area contributed by atoms with Crippen molar-refractivity contribution >= 4 is 17.8 Å². The molecule has 1 fully saturated rings. The average molecular weight is 466 g/mol. The molecule has 190 valence electrons. The third-order valence-corrected chi connectivity index (χ3v) is 6.70. The summed E-state index contributed by atoms with van der Waals surface area (Å²) in [7, 11) is 3.73. The van der Waals surface area contributed by atoms with E-state index >= 15 is 0 Å². The van der Waals surface area contributed by atoms with Gasteiger partial charge in [-0.3, -0.25) is 14.5 Å². The predicted octanol–water partition coefficient (Wildman–Crippen LogP) is 3.63. The van der Waals surface area contributed by atoms with Gasteiger partial charge in [0.15, 0.2) is 0 Å². The zero-order valence-electron chi connectivity index (χ0n) is 22.5. The Morgan fingerprint density at radius 2 is 1.79 bits per heavy atom. The molecule has 0 aromatic carbocycles. The van der Waals surface area contributed by atoms with Crippen molar-refractivity contribution in [2.24, 2.45) is 17.3 Å². The summed E-state index contributed by atoms with van der Waals surface area (Å²) in [5.41, 5.74) is 0.00240. The van der Waals surface area contributed by atoms with E-state index in [9.17, 15) is 14.4 Å². The summed E-state index contributed by atoms with van der Waals surface area (Å²) >= 11 is 0. The van der Waals surface area contributed by atoms with Gasteiger partial charge in [-0.25, -0.2) is 4.79 Å². The molecule has 0 aromatic rings. The quantitative estimate of drug-likeness (QED) is 0.416. The van der Waals surface area contributed by atoms with E-state index in [1.165, 1.54) is 0 Å². The molecule has 1 heterocycles. The van der Waals surface area contributed by atoms with E-state index in [0.717, 1.165) is 25.8 Å². The second kappa shape index (κ2) is 12.5. The minimum atomic E-state index is -0.676. The molecule has 1 rings (SSSR count). The molecule has 0 aromatic heterocycles. The van der Waals surface area contributed by atoms with Crippen LogP contribution in [0.4, 0.5) is 0 Å². The van der Waals surface area contributed by atoms with Crippen molar-refractivity contribution in [2.45, 2.75) is 92.8 Å². The van der Waals surface area contributed by atoms with Crippen molar-refractivity contribution in [1.29, 1.82) is 0 Å². The van der Waals surface area contributed by atoms with Gasteiger partial charge in [-0.2, -0.15) is 0 Å². The van der Waals surface area contributed by atoms with Gasteiger partial charge in [-0.05, 0) is 51.0 Å². The Labute approximate surface area is 201 Å². The van der Waals surface area contributed by atoms with E-state index in [1.54, 1.807) is 31.9 Å². The van der Waals surface area contributed by atoms with Gasteiger partial charge in [0.25, 0.3) is 0 Å². The van der Waals surface area contributed by atoms with E-state index < -0.39 is 11.5 Å². The molecule has 0 radical (unpaired) electrons. The van der Waals surface area contributed by atoms with Crippen LogP contribution in [0.3, 0.4) is 0 Å². The molecule has 4 atom stereocenters. The number of nitrogens with zero attached hydrogens (tertiary/aromatic N) is 2. The lowest BCUT2D eigenvalue weighted by molar-refractivity contribution is -0.142. The van der Waals surface area contributed by atoms with Gasteiger partial charge < -0.3 is 15.0 Å². The summed E-state index contributed by atoms with van der Waals surface area (Å²) in [6.07, 6.45) is 4.74. The topological polar surface area (TPSA) is 79.0 Å². The first kappa shape index (κ1) is 29.1. The van der Waals surface area contributed by atoms with Crippen LogP contribution in [-0.2, 0) is 19.1 Å². The van der Waals surface area contributed by atoms with Crippen LogP contribution >= 0.6 is 0 Å². The lowest BCUT2D eigenvalue weighted by Gasteiger charge is -2.40. The Hall–Kier alpha value is -1.89. The summed E-state index contributed by atoms with van der Waals surface area (Å²) in [6, 6.07) is -1.20. The van der Waals surface area contributed by atoms with Crippen LogP contribution in [-0.4, -0.2) is 73.0 Å². The van der Waals surface area contributed by atoms with E-state index in [-0.39, 0.29) is 35.8 Å². The molecule has 7 nitrogen and oxygen atoms in total. The number of rotatable bonds is 9. The fraction of sp³-hybridized carbons (Fsp3) is 0.808. The number of carbonyl (C=O) groups is 3. The number of likely N-dealkylation sites (tertiary alicyclic amines) is 1. The number of carbonyl (C=O) groups excluding carboxylic acids is 3. The maximum absolute atomic E-state index is 13.7. The molecule has 1 aliphatic heterocycles. The van der Waals surface area contributed by atoms with Crippen molar-refractivity contribution in [3.63, 3.8) is 0 Å². The molecular formula is C26H47N3O4. The van der Waals surface area contributed by atoms with E-state index in [2.05, 4.69) is 17.1 Å². The van der Waals surface area contributed by atoms with Gasteiger partial charge in [0, 0.05) is 19.2 Å². The molecule has 1 saturated heterocycles. The molecule has 0 aliphatic carbocycles. The first-order valence-electron chi connectivity index (χ1n) is 12.4. The van der Waals surface area contributed by atoms with Gasteiger partial charge >= 0.3 is 5.97 Å². The summed E-state index contributed by atoms with van der Waals surface area (Å²) in [4.78, 5) is 42.8. The van der Waals surface area contributed by atoms with Crippen molar-refractivity contribution in [3.05, 3.63) is 11.6 Å². The van der Waals surface area contributed by atoms with Crippen LogP contribution in [0.1, 0.15) is 74.7 Å². The van der Waals surface area contributed by atoms with Crippen LogP contribution in [0.2, 0.25) is 0 Å². The van der Waals surface area contributed by atoms with Crippen molar-refractivity contribution in [1.82, 2.24) is 15.1 Å². The van der Waals surface area contributed by atoms with Crippen LogP contribution < -0.4 is 5.32 Å². The van der Waals surface area contributed by atoms with Crippen molar-refractivity contribution in [2.75, 3.05) is 27.2 Å². The maximum Gasteiger partial charge on any atom is 0.333 e. The first-order valence-corrected chi connectivity index (χ1v) is 12.4. The summed E-state index contributed by atoms with van der Waals surface area (Å²) in [5, 5.41) is 3.08. The minimum absolute atomic E-state index is 0.0788. The SMILES string of the molecule is CCOC(=O)/C(C)=C/[C@H](C(C)C)N(C)C(=O)[C@@H](NC(=O)[C@H]1CC[C@@H](CC)CN1C)C(C)(C)C. The number of hydrogen-bond donors (Lipinski definition) is 1. The smallest absolute Gasteiger partial charge is 0.333 e. The normalized spacial score (nSPS) is 22.0. The number of piperidine rings is 1. The average Bonchev–Trinajstić information content (AvgIpc) is 2.73. The predicted molar refractivity (Wildman–Crippen MR) is 133 cm³/mol. The van der Waals surface area contributed by atoms with Crippen molar-refractivity contribution in [3.8, 4) is 0 Å². The fourth-order valence-electron chi connectivity index (χ4n) is 4.46. The van der Waals surface area contributed by atoms with Crippen LogP contribution in [0.15, 0.2) is 11.6 Å². The third-order valence-electron chi connectivity index (χ3n) is 6.70. The maximum atomic E-state index is 13.7. The lowest BCUT2D eigenvalue weighted by Crippen LogP contribution is -2.60. The lowest BCUT2D eigenvalue weighted by atomic mass is 9.84. The summed E-state index contributed by atoms with van der Waals surface area (Å²) in [6.45, 7) is 16.8. The van der Waals surface area contributed by atoms with Gasteiger partial charge in [-0.1, -0.05) is 54.0 Å². The number of nitrogens with one attached hydrogen (secondary N) is 1. The number of amides is 2. The fourth-order valence-corrected chi connectivity index (χ4v) is 4.46. The highest BCUT2D eigenvalue weighted by Gasteiger charge is 2.39. The van der Waals surface area contributed by atoms with E-state index in [1.807, 2.05) is 41.7 Å². The Morgan fingerprint density at radius 1 is 1.18 bits per heavy atom. The van der Waals surface area contributed by atoms with Crippen LogP contribution in [0.25, 0.3) is 0 Å². The molecule has 2 amide bonds. The number of hydrogen-bond acceptors (Lipinski definition) is 5. The second-order valence-corrected chi connectivity index (χ2v) is 10.9. The molecule has 33 heavy (non-hydrogen) atoms. The Morgan fingerprint density at radius 3 is 2.24 bits per heavy atom. The molecule has 0 spiro atoms. The van der Waals surface area contributed by atoms with Gasteiger partial charge in [0.2, 0.25) is 11.8 Å². The van der Waals surface area contributed by atoms with Gasteiger partial charge in [-0.15, -0.1) is 0 Å². The zero-order chi connectivity index (χ0) is 25.5. The third kappa shape index (κ3) is 8.13. The Kier molecular flexibility index (Phi) is 11.1. The monoisotopic (exact) mass is 465 g/mol. The van der Waals surface area contributed by atoms with Crippen molar-refractivity contribution < 1.29 is 19.1 Å². The first-order chi connectivity index (χ1) is 15.2. The Balaban J connectivity index is 3.09.